The molecule has 8 heteroatoms. The van der Waals surface area contributed by atoms with Gasteiger partial charge in [-0.2, -0.15) is 0 Å². The van der Waals surface area contributed by atoms with Crippen LogP contribution in [0.25, 0.3) is 0 Å². The molecule has 0 saturated heterocycles. The van der Waals surface area contributed by atoms with Gasteiger partial charge >= 0.3 is 11.9 Å². The molecule has 3 N–H and O–H groups in total. The predicted octanol–water partition coefficient (Wildman–Crippen LogP) is 2.20. The van der Waals surface area contributed by atoms with Crippen molar-refractivity contribution >= 4 is 17.8 Å². The number of carbonyl (C=O) groups excluding carboxylic acids is 3. The van der Waals surface area contributed by atoms with Gasteiger partial charge in [-0.25, -0.2) is 0 Å². The molecule has 0 fully saturated rings. The molecule has 0 spiro atoms. The number of aliphatic hydroxyl groups excluding tert-OH is 1. The van der Waals surface area contributed by atoms with Crippen molar-refractivity contribution in [3.8, 4) is 0 Å². The lowest BCUT2D eigenvalue weighted by atomic mass is 9.73. The Labute approximate surface area is 174 Å². The largest absolute Gasteiger partial charge is 0.463 e. The van der Waals surface area contributed by atoms with Gasteiger partial charge in [0.2, 0.25) is 5.91 Å². The number of ether oxygens (including phenoxy) is 3. The maximum Gasteiger partial charge on any atom is 0.311 e. The van der Waals surface area contributed by atoms with Gasteiger partial charge in [-0.3, -0.25) is 14.4 Å². The molecule has 4 atom stereocenters. The van der Waals surface area contributed by atoms with E-state index in [1.165, 1.54) is 7.11 Å². The van der Waals surface area contributed by atoms with Gasteiger partial charge in [0, 0.05) is 13.0 Å². The fraction of sp³-hybridized carbons (Fsp3) is 0.857. The van der Waals surface area contributed by atoms with Gasteiger partial charge in [0.05, 0.1) is 23.5 Å². The third-order valence-electron chi connectivity index (χ3n) is 5.59. The topological polar surface area (TPSA) is 125 Å². The first-order valence-electron chi connectivity index (χ1n) is 10.2. The molecule has 0 aliphatic carbocycles. The highest BCUT2D eigenvalue weighted by Crippen LogP contribution is 2.39. The monoisotopic (exact) mass is 417 g/mol. The van der Waals surface area contributed by atoms with Gasteiger partial charge in [0.25, 0.3) is 0 Å². The number of nitrogens with two attached hydrogens (primary N) is 1. The Morgan fingerprint density at radius 3 is 2.00 bits per heavy atom. The molecule has 29 heavy (non-hydrogen) atoms. The van der Waals surface area contributed by atoms with E-state index >= 15 is 0 Å². The van der Waals surface area contributed by atoms with Crippen LogP contribution in [0.2, 0.25) is 0 Å². The molecule has 0 aromatic rings. The van der Waals surface area contributed by atoms with E-state index in [4.69, 9.17) is 19.9 Å². The van der Waals surface area contributed by atoms with Crippen LogP contribution in [0.3, 0.4) is 0 Å². The first-order valence-corrected chi connectivity index (χ1v) is 10.2. The summed E-state index contributed by atoms with van der Waals surface area (Å²) in [5.41, 5.74) is 3.68. The Hall–Kier alpha value is -1.67. The van der Waals surface area contributed by atoms with Crippen molar-refractivity contribution in [3.05, 3.63) is 0 Å². The van der Waals surface area contributed by atoms with Crippen molar-refractivity contribution in [1.82, 2.24) is 0 Å². The Morgan fingerprint density at radius 1 is 0.966 bits per heavy atom. The lowest BCUT2D eigenvalue weighted by Crippen LogP contribution is -2.37. The van der Waals surface area contributed by atoms with Crippen LogP contribution in [0.1, 0.15) is 66.7 Å². The molecular formula is C21H39NO7. The van der Waals surface area contributed by atoms with Crippen molar-refractivity contribution < 1.29 is 33.7 Å². The second-order valence-corrected chi connectivity index (χ2v) is 8.39. The van der Waals surface area contributed by atoms with Crippen LogP contribution in [-0.4, -0.2) is 56.0 Å². The van der Waals surface area contributed by atoms with E-state index in [1.54, 1.807) is 27.7 Å². The minimum Gasteiger partial charge on any atom is -0.463 e. The normalized spacial score (nSPS) is 17.5. The smallest absolute Gasteiger partial charge is 0.311 e. The van der Waals surface area contributed by atoms with E-state index in [9.17, 15) is 19.5 Å². The van der Waals surface area contributed by atoms with Crippen molar-refractivity contribution in [3.63, 3.8) is 0 Å². The molecule has 0 rings (SSSR count). The fourth-order valence-electron chi connectivity index (χ4n) is 2.74. The highest BCUT2D eigenvalue weighted by molar-refractivity contribution is 5.78. The van der Waals surface area contributed by atoms with Crippen LogP contribution in [0.5, 0.6) is 0 Å². The lowest BCUT2D eigenvalue weighted by Gasteiger charge is -2.33. The summed E-state index contributed by atoms with van der Waals surface area (Å²) in [6.07, 6.45) is 1.43. The fourth-order valence-corrected chi connectivity index (χ4v) is 2.74. The van der Waals surface area contributed by atoms with Gasteiger partial charge in [-0.05, 0) is 52.9 Å². The number of rotatable bonds is 15. The van der Waals surface area contributed by atoms with Crippen molar-refractivity contribution in [2.45, 2.75) is 72.8 Å². The molecular weight excluding hydrogens is 378 g/mol. The summed E-state index contributed by atoms with van der Waals surface area (Å²) < 4.78 is 15.5. The molecule has 0 saturated carbocycles. The highest BCUT2D eigenvalue weighted by atomic mass is 16.6. The van der Waals surface area contributed by atoms with Crippen LogP contribution in [-0.2, 0) is 28.6 Å². The number of primary amides is 1. The Bertz CT molecular complexity index is 537. The summed E-state index contributed by atoms with van der Waals surface area (Å²) in [7, 11) is 1.52. The second-order valence-electron chi connectivity index (χ2n) is 8.39. The number of aliphatic hydroxyl groups is 1. The quantitative estimate of drug-likeness (QED) is 0.309. The second kappa shape index (κ2) is 12.8. The number of carbonyl (C=O) groups is 3. The summed E-state index contributed by atoms with van der Waals surface area (Å²) in [6, 6.07) is 0. The van der Waals surface area contributed by atoms with E-state index < -0.39 is 28.8 Å². The average molecular weight is 418 g/mol. The molecule has 0 aliphatic rings. The summed E-state index contributed by atoms with van der Waals surface area (Å²) in [4.78, 5) is 36.7. The maximum absolute atomic E-state index is 12.8. The zero-order valence-corrected chi connectivity index (χ0v) is 18.8. The number of esters is 2. The lowest BCUT2D eigenvalue weighted by molar-refractivity contribution is -0.162. The maximum atomic E-state index is 12.8. The zero-order valence-electron chi connectivity index (χ0n) is 18.8. The standard InChI is InChI=1S/C21H39NO7/c1-7-20(4,18(25)29-14-16(3)23)10-11-21(5,9-8-15(2)17(22)24)19(26)28-13-12-27-6/h15-16,23H,7-14H2,1-6H3,(H2,22,24). The molecule has 0 aromatic heterocycles. The van der Waals surface area contributed by atoms with Crippen molar-refractivity contribution in [1.29, 1.82) is 0 Å². The Morgan fingerprint density at radius 2 is 1.52 bits per heavy atom. The van der Waals surface area contributed by atoms with Crippen LogP contribution in [0.15, 0.2) is 0 Å². The average Bonchev–Trinajstić information content (AvgIpc) is 2.68. The van der Waals surface area contributed by atoms with Gasteiger partial charge in [-0.15, -0.1) is 0 Å². The summed E-state index contributed by atoms with van der Waals surface area (Å²) in [5.74, 6) is -1.57. The van der Waals surface area contributed by atoms with E-state index in [-0.39, 0.29) is 31.7 Å². The van der Waals surface area contributed by atoms with Crippen LogP contribution in [0, 0.1) is 16.7 Å². The Kier molecular flexibility index (Phi) is 12.1. The number of hydrogen-bond acceptors (Lipinski definition) is 7. The summed E-state index contributed by atoms with van der Waals surface area (Å²) in [6.45, 7) is 9.09. The minimum absolute atomic E-state index is 0.0686. The number of methoxy groups -OCH3 is 1. The summed E-state index contributed by atoms with van der Waals surface area (Å²) >= 11 is 0. The van der Waals surface area contributed by atoms with Crippen LogP contribution >= 0.6 is 0 Å². The molecule has 0 radical (unpaired) electrons. The van der Waals surface area contributed by atoms with Gasteiger partial charge in [0.1, 0.15) is 13.2 Å². The van der Waals surface area contributed by atoms with E-state index in [1.807, 2.05) is 6.92 Å². The molecule has 8 nitrogen and oxygen atoms in total. The van der Waals surface area contributed by atoms with Gasteiger partial charge < -0.3 is 25.1 Å². The van der Waals surface area contributed by atoms with E-state index in [0.29, 0.717) is 32.1 Å². The SMILES string of the molecule is CCC(C)(CCC(C)(CCC(C)C(N)=O)C(=O)OCCOC)C(=O)OCC(C)O. The first kappa shape index (κ1) is 27.3. The number of hydrogen-bond donors (Lipinski definition) is 2. The minimum atomic E-state index is -0.877. The van der Waals surface area contributed by atoms with Crippen LogP contribution in [0.4, 0.5) is 0 Å². The van der Waals surface area contributed by atoms with Crippen molar-refractivity contribution in [2.75, 3.05) is 26.9 Å². The van der Waals surface area contributed by atoms with E-state index in [2.05, 4.69) is 0 Å². The molecule has 0 bridgehead atoms. The highest BCUT2D eigenvalue weighted by Gasteiger charge is 2.40. The molecule has 1 amide bonds. The molecule has 170 valence electrons. The zero-order chi connectivity index (χ0) is 22.7. The third kappa shape index (κ3) is 9.58. The molecule has 4 unspecified atom stereocenters. The third-order valence-corrected chi connectivity index (χ3v) is 5.59. The molecule has 0 aromatic carbocycles. The van der Waals surface area contributed by atoms with Gasteiger partial charge in [0.15, 0.2) is 0 Å². The molecule has 0 heterocycles. The summed E-state index contributed by atoms with van der Waals surface area (Å²) in [5, 5.41) is 9.35. The Balaban J connectivity index is 5.26. The predicted molar refractivity (Wildman–Crippen MR) is 109 cm³/mol. The van der Waals surface area contributed by atoms with Crippen molar-refractivity contribution in [2.24, 2.45) is 22.5 Å². The van der Waals surface area contributed by atoms with E-state index in [0.717, 1.165) is 0 Å². The molecule has 0 aliphatic heterocycles. The number of amides is 1. The van der Waals surface area contributed by atoms with Gasteiger partial charge in [-0.1, -0.05) is 13.8 Å². The van der Waals surface area contributed by atoms with Crippen LogP contribution < -0.4 is 5.73 Å². The first-order chi connectivity index (χ1) is 13.4.